The Morgan fingerprint density at radius 1 is 1.10 bits per heavy atom. The molecule has 0 saturated carbocycles. The second-order valence-corrected chi connectivity index (χ2v) is 5.15. The fourth-order valence-corrected chi connectivity index (χ4v) is 2.67. The van der Waals surface area contributed by atoms with E-state index in [1.807, 2.05) is 18.2 Å². The Bertz CT molecular complexity index is 728. The Kier molecular flexibility index (Phi) is 3.42. The van der Waals surface area contributed by atoms with Crippen LogP contribution < -0.4 is 5.73 Å². The third-order valence-corrected chi connectivity index (χ3v) is 3.64. The van der Waals surface area contributed by atoms with Crippen molar-refractivity contribution in [1.82, 2.24) is 9.55 Å². The summed E-state index contributed by atoms with van der Waals surface area (Å²) in [7, 11) is 0. The largest absolute Gasteiger partial charge is 0.399 e. The van der Waals surface area contributed by atoms with Crippen molar-refractivity contribution >= 4 is 16.7 Å². The number of benzene rings is 2. The molecule has 102 valence electrons. The van der Waals surface area contributed by atoms with Gasteiger partial charge < -0.3 is 10.3 Å². The molecule has 3 heteroatoms. The highest BCUT2D eigenvalue weighted by Gasteiger charge is 2.06. The van der Waals surface area contributed by atoms with Crippen LogP contribution in [0.25, 0.3) is 11.0 Å². The normalized spacial score (nSPS) is 11.1. The quantitative estimate of drug-likeness (QED) is 0.733. The van der Waals surface area contributed by atoms with Crippen LogP contribution in [-0.2, 0) is 13.0 Å². The lowest BCUT2D eigenvalue weighted by atomic mass is 10.1. The summed E-state index contributed by atoms with van der Waals surface area (Å²) >= 11 is 0. The van der Waals surface area contributed by atoms with Crippen LogP contribution in [0.2, 0.25) is 0 Å². The first kappa shape index (κ1) is 12.7. The summed E-state index contributed by atoms with van der Waals surface area (Å²) < 4.78 is 2.29. The van der Waals surface area contributed by atoms with Crippen LogP contribution in [0.3, 0.4) is 0 Å². The minimum absolute atomic E-state index is 0.840. The summed E-state index contributed by atoms with van der Waals surface area (Å²) in [5.41, 5.74) is 10.2. The average Bonchev–Trinajstić information content (AvgIpc) is 2.75. The number of imidazole rings is 1. The highest BCUT2D eigenvalue weighted by molar-refractivity contribution is 5.75. The maximum Gasteiger partial charge on any atom is 0.106 e. The Morgan fingerprint density at radius 3 is 2.80 bits per heavy atom. The Hall–Kier alpha value is -2.29. The van der Waals surface area contributed by atoms with E-state index in [4.69, 9.17) is 5.73 Å². The average molecular weight is 265 g/mol. The van der Waals surface area contributed by atoms with Gasteiger partial charge in [0.05, 0.1) is 11.0 Å². The van der Waals surface area contributed by atoms with E-state index in [-0.39, 0.29) is 0 Å². The lowest BCUT2D eigenvalue weighted by molar-refractivity contribution is 0.641. The zero-order valence-electron chi connectivity index (χ0n) is 11.7. The van der Waals surface area contributed by atoms with Crippen LogP contribution in [0.4, 0.5) is 5.69 Å². The molecule has 0 bridgehead atoms. The van der Waals surface area contributed by atoms with Gasteiger partial charge in [-0.3, -0.25) is 0 Å². The van der Waals surface area contributed by atoms with E-state index < -0.39 is 0 Å². The molecule has 0 atom stereocenters. The number of aryl methyl sites for hydroxylation is 3. The molecule has 0 aliphatic carbocycles. The van der Waals surface area contributed by atoms with Gasteiger partial charge in [0.1, 0.15) is 5.82 Å². The Balaban J connectivity index is 1.73. The number of nitrogens with zero attached hydrogens (tertiary/aromatic N) is 2. The molecular weight excluding hydrogens is 246 g/mol. The molecule has 0 unspecified atom stereocenters. The summed E-state index contributed by atoms with van der Waals surface area (Å²) in [6, 6.07) is 16.4. The van der Waals surface area contributed by atoms with Crippen LogP contribution >= 0.6 is 0 Å². The minimum atomic E-state index is 0.840. The van der Waals surface area contributed by atoms with Crippen molar-refractivity contribution < 1.29 is 0 Å². The molecule has 0 saturated heterocycles. The van der Waals surface area contributed by atoms with E-state index in [1.54, 1.807) is 0 Å². The summed E-state index contributed by atoms with van der Waals surface area (Å²) in [5.74, 6) is 1.08. The Labute approximate surface area is 119 Å². The van der Waals surface area contributed by atoms with Crippen LogP contribution in [0.5, 0.6) is 0 Å². The SMILES string of the molecule is Cc1nc2ccccc2n1CCCc1cccc(N)c1. The number of rotatable bonds is 4. The van der Waals surface area contributed by atoms with E-state index >= 15 is 0 Å². The third kappa shape index (κ3) is 2.52. The van der Waals surface area contributed by atoms with Gasteiger partial charge in [-0.15, -0.1) is 0 Å². The zero-order valence-corrected chi connectivity index (χ0v) is 11.7. The second-order valence-electron chi connectivity index (χ2n) is 5.15. The molecule has 0 aliphatic rings. The molecule has 1 heterocycles. The van der Waals surface area contributed by atoms with Crippen molar-refractivity contribution in [3.63, 3.8) is 0 Å². The molecule has 0 amide bonds. The number of hydrogen-bond acceptors (Lipinski definition) is 2. The van der Waals surface area contributed by atoms with Crippen molar-refractivity contribution in [1.29, 1.82) is 0 Å². The van der Waals surface area contributed by atoms with Gasteiger partial charge in [-0.2, -0.15) is 0 Å². The van der Waals surface area contributed by atoms with E-state index in [0.29, 0.717) is 0 Å². The molecule has 3 rings (SSSR count). The second kappa shape index (κ2) is 5.37. The number of anilines is 1. The maximum absolute atomic E-state index is 5.81. The molecule has 2 N–H and O–H groups in total. The standard InChI is InChI=1S/C17H19N3/c1-13-19-16-9-2-3-10-17(16)20(13)11-5-7-14-6-4-8-15(18)12-14/h2-4,6,8-10,12H,5,7,11,18H2,1H3. The minimum Gasteiger partial charge on any atom is -0.399 e. The first-order valence-corrected chi connectivity index (χ1v) is 7.00. The van der Waals surface area contributed by atoms with Crippen molar-refractivity contribution in [3.05, 3.63) is 59.9 Å². The molecule has 0 spiro atoms. The van der Waals surface area contributed by atoms with Crippen molar-refractivity contribution in [2.24, 2.45) is 0 Å². The number of nitrogen functional groups attached to an aromatic ring is 1. The van der Waals surface area contributed by atoms with Crippen LogP contribution in [0, 0.1) is 6.92 Å². The monoisotopic (exact) mass is 265 g/mol. The van der Waals surface area contributed by atoms with Crippen LogP contribution in [0.1, 0.15) is 17.8 Å². The van der Waals surface area contributed by atoms with E-state index in [0.717, 1.165) is 36.4 Å². The number of hydrogen-bond donors (Lipinski definition) is 1. The molecule has 2 aromatic carbocycles. The molecule has 0 fully saturated rings. The Morgan fingerprint density at radius 2 is 1.95 bits per heavy atom. The van der Waals surface area contributed by atoms with Gasteiger partial charge in [-0.05, 0) is 49.6 Å². The molecule has 3 nitrogen and oxygen atoms in total. The first-order chi connectivity index (χ1) is 9.74. The van der Waals surface area contributed by atoms with Gasteiger partial charge in [0.15, 0.2) is 0 Å². The summed E-state index contributed by atoms with van der Waals surface area (Å²) in [6.45, 7) is 3.06. The number of para-hydroxylation sites is 2. The lowest BCUT2D eigenvalue weighted by Crippen LogP contribution is -2.02. The summed E-state index contributed by atoms with van der Waals surface area (Å²) in [4.78, 5) is 4.60. The molecular formula is C17H19N3. The van der Waals surface area contributed by atoms with Crippen LogP contribution in [-0.4, -0.2) is 9.55 Å². The topological polar surface area (TPSA) is 43.8 Å². The fraction of sp³-hybridized carbons (Fsp3) is 0.235. The van der Waals surface area contributed by atoms with Gasteiger partial charge in [0.25, 0.3) is 0 Å². The summed E-state index contributed by atoms with van der Waals surface area (Å²) in [6.07, 6.45) is 2.13. The maximum atomic E-state index is 5.81. The highest BCUT2D eigenvalue weighted by atomic mass is 15.1. The smallest absolute Gasteiger partial charge is 0.106 e. The van der Waals surface area contributed by atoms with Crippen LogP contribution in [0.15, 0.2) is 48.5 Å². The van der Waals surface area contributed by atoms with Gasteiger partial charge in [-0.1, -0.05) is 24.3 Å². The van der Waals surface area contributed by atoms with Gasteiger partial charge in [0, 0.05) is 12.2 Å². The molecule has 0 aliphatic heterocycles. The van der Waals surface area contributed by atoms with Crippen molar-refractivity contribution in [2.75, 3.05) is 5.73 Å². The summed E-state index contributed by atoms with van der Waals surface area (Å²) in [5, 5.41) is 0. The molecule has 1 aromatic heterocycles. The van der Waals surface area contributed by atoms with Crippen molar-refractivity contribution in [2.45, 2.75) is 26.3 Å². The number of aromatic nitrogens is 2. The van der Waals surface area contributed by atoms with Crippen molar-refractivity contribution in [3.8, 4) is 0 Å². The lowest BCUT2D eigenvalue weighted by Gasteiger charge is -2.07. The third-order valence-electron chi connectivity index (χ3n) is 3.64. The fourth-order valence-electron chi connectivity index (χ4n) is 2.67. The van der Waals surface area contributed by atoms with E-state index in [9.17, 15) is 0 Å². The predicted octanol–water partition coefficient (Wildman–Crippen LogP) is 3.56. The molecule has 3 aromatic rings. The van der Waals surface area contributed by atoms with E-state index in [1.165, 1.54) is 11.1 Å². The predicted molar refractivity (Wildman–Crippen MR) is 83.6 cm³/mol. The highest BCUT2D eigenvalue weighted by Crippen LogP contribution is 2.17. The van der Waals surface area contributed by atoms with Gasteiger partial charge in [-0.25, -0.2) is 4.98 Å². The number of nitrogens with two attached hydrogens (primary N) is 1. The van der Waals surface area contributed by atoms with Gasteiger partial charge >= 0.3 is 0 Å². The van der Waals surface area contributed by atoms with Gasteiger partial charge in [0.2, 0.25) is 0 Å². The van der Waals surface area contributed by atoms with E-state index in [2.05, 4.69) is 46.8 Å². The first-order valence-electron chi connectivity index (χ1n) is 7.00. The zero-order chi connectivity index (χ0) is 13.9. The molecule has 20 heavy (non-hydrogen) atoms. The number of fused-ring (bicyclic) bond motifs is 1. The molecule has 0 radical (unpaired) electrons.